The maximum absolute atomic E-state index is 11.1. The molecule has 0 unspecified atom stereocenters. The number of carboxylic acids is 1. The second kappa shape index (κ2) is 5.75. The van der Waals surface area contributed by atoms with Crippen LogP contribution in [-0.4, -0.2) is 40.2 Å². The summed E-state index contributed by atoms with van der Waals surface area (Å²) in [4.78, 5) is 10.7. The Labute approximate surface area is 115 Å². The third kappa shape index (κ3) is 4.77. The first-order valence-corrected chi connectivity index (χ1v) is 8.41. The second-order valence-corrected chi connectivity index (χ2v) is 7.15. The monoisotopic (exact) mass is 323 g/mol. The first-order valence-electron chi connectivity index (χ1n) is 5.15. The molecule has 0 saturated carbocycles. The average Bonchev–Trinajstić information content (AvgIpc) is 2.25. The van der Waals surface area contributed by atoms with Crippen LogP contribution in [0.15, 0.2) is 23.1 Å². The molecule has 11 heteroatoms. The van der Waals surface area contributed by atoms with E-state index >= 15 is 0 Å². The van der Waals surface area contributed by atoms with Gasteiger partial charge in [0.25, 0.3) is 0 Å². The summed E-state index contributed by atoms with van der Waals surface area (Å²) in [5.74, 6) is -1.78. The zero-order chi connectivity index (χ0) is 15.6. The molecule has 0 saturated heterocycles. The number of carboxylic acid groups (broad SMARTS) is 1. The van der Waals surface area contributed by atoms with Crippen LogP contribution < -0.4 is 15.6 Å². The minimum Gasteiger partial charge on any atom is -0.478 e. The quantitative estimate of drug-likeness (QED) is 0.505. The van der Waals surface area contributed by atoms with E-state index in [1.54, 1.807) is 0 Å². The Bertz CT molecular complexity index is 726. The van der Waals surface area contributed by atoms with Crippen molar-refractivity contribution in [2.24, 2.45) is 10.3 Å². The van der Waals surface area contributed by atoms with Gasteiger partial charge in [-0.15, -0.1) is 0 Å². The van der Waals surface area contributed by atoms with Crippen molar-refractivity contribution in [2.75, 3.05) is 17.6 Å². The van der Waals surface area contributed by atoms with Gasteiger partial charge in [-0.2, -0.15) is 0 Å². The summed E-state index contributed by atoms with van der Waals surface area (Å²) < 4.78 is 43.8. The van der Waals surface area contributed by atoms with E-state index in [4.69, 9.17) is 15.4 Å². The molecule has 1 aromatic carbocycles. The predicted octanol–water partition coefficient (Wildman–Crippen LogP) is -1.27. The standard InChI is InChI=1S/C9H13N3O6S2/c10-19(15,16)4-3-12-8-2-1-6(20(11,17)18)5-7(8)9(13)14/h1-2,5,12H,3-4H2,(H,13,14)(H2,10,15,16)(H2,11,17,18). The van der Waals surface area contributed by atoms with Crippen molar-refractivity contribution in [3.05, 3.63) is 23.8 Å². The molecule has 0 amide bonds. The van der Waals surface area contributed by atoms with Crippen LogP contribution in [0.5, 0.6) is 0 Å². The molecule has 1 rings (SSSR count). The van der Waals surface area contributed by atoms with Crippen LogP contribution >= 0.6 is 0 Å². The number of hydrogen-bond donors (Lipinski definition) is 4. The molecular formula is C9H13N3O6S2. The van der Waals surface area contributed by atoms with Crippen LogP contribution in [0.4, 0.5) is 5.69 Å². The minimum atomic E-state index is -4.03. The molecule has 0 bridgehead atoms. The zero-order valence-electron chi connectivity index (χ0n) is 10.1. The highest BCUT2D eigenvalue weighted by molar-refractivity contribution is 7.89. The SMILES string of the molecule is NS(=O)(=O)CCNc1ccc(S(N)(=O)=O)cc1C(=O)O. The van der Waals surface area contributed by atoms with E-state index in [2.05, 4.69) is 5.32 Å². The number of sulfonamides is 2. The van der Waals surface area contributed by atoms with Gasteiger partial charge in [0.05, 0.1) is 16.2 Å². The number of hydrogen-bond acceptors (Lipinski definition) is 6. The Morgan fingerprint density at radius 3 is 2.25 bits per heavy atom. The van der Waals surface area contributed by atoms with Gasteiger partial charge in [-0.25, -0.2) is 31.9 Å². The molecule has 0 aliphatic carbocycles. The molecule has 0 atom stereocenters. The smallest absolute Gasteiger partial charge is 0.337 e. The number of nitrogens with two attached hydrogens (primary N) is 2. The number of rotatable bonds is 6. The molecule has 0 spiro atoms. The fourth-order valence-electron chi connectivity index (χ4n) is 1.36. The summed E-state index contributed by atoms with van der Waals surface area (Å²) >= 11 is 0. The number of primary sulfonamides is 2. The highest BCUT2D eigenvalue weighted by Gasteiger charge is 2.16. The molecule has 6 N–H and O–H groups in total. The summed E-state index contributed by atoms with van der Waals surface area (Å²) in [7, 11) is -7.71. The van der Waals surface area contributed by atoms with Gasteiger partial charge in [0.15, 0.2) is 0 Å². The molecular weight excluding hydrogens is 310 g/mol. The van der Waals surface area contributed by atoms with Crippen LogP contribution in [-0.2, 0) is 20.0 Å². The first-order chi connectivity index (χ1) is 9.00. The molecule has 20 heavy (non-hydrogen) atoms. The van der Waals surface area contributed by atoms with E-state index < -0.39 is 31.8 Å². The van der Waals surface area contributed by atoms with Crippen LogP contribution in [0.25, 0.3) is 0 Å². The van der Waals surface area contributed by atoms with Crippen LogP contribution in [0.2, 0.25) is 0 Å². The summed E-state index contributed by atoms with van der Waals surface area (Å²) in [6.45, 7) is -0.117. The topological polar surface area (TPSA) is 170 Å². The van der Waals surface area contributed by atoms with Crippen molar-refractivity contribution in [1.29, 1.82) is 0 Å². The van der Waals surface area contributed by atoms with Gasteiger partial charge in [-0.3, -0.25) is 0 Å². The lowest BCUT2D eigenvalue weighted by molar-refractivity contribution is 0.0697. The normalized spacial score (nSPS) is 12.1. The Balaban J connectivity index is 3.06. The lowest BCUT2D eigenvalue weighted by Gasteiger charge is -2.10. The molecule has 1 aromatic rings. The molecule has 9 nitrogen and oxygen atoms in total. The molecule has 0 aromatic heterocycles. The van der Waals surface area contributed by atoms with Crippen molar-refractivity contribution in [3.8, 4) is 0 Å². The van der Waals surface area contributed by atoms with Crippen molar-refractivity contribution < 1.29 is 26.7 Å². The number of carbonyl (C=O) groups is 1. The minimum absolute atomic E-state index is 0.0635. The molecule has 0 heterocycles. The number of aromatic carboxylic acids is 1. The zero-order valence-corrected chi connectivity index (χ0v) is 11.7. The molecule has 0 aliphatic heterocycles. The van der Waals surface area contributed by atoms with Crippen molar-refractivity contribution in [3.63, 3.8) is 0 Å². The fraction of sp³-hybridized carbons (Fsp3) is 0.222. The van der Waals surface area contributed by atoms with Crippen LogP contribution in [0.3, 0.4) is 0 Å². The Kier molecular flexibility index (Phi) is 4.70. The maximum atomic E-state index is 11.1. The number of anilines is 1. The van der Waals surface area contributed by atoms with E-state index in [-0.39, 0.29) is 22.7 Å². The fourth-order valence-corrected chi connectivity index (χ4v) is 2.29. The van der Waals surface area contributed by atoms with Gasteiger partial charge in [-0.05, 0) is 18.2 Å². The van der Waals surface area contributed by atoms with Gasteiger partial charge >= 0.3 is 5.97 Å². The van der Waals surface area contributed by atoms with Crippen LogP contribution in [0.1, 0.15) is 10.4 Å². The van der Waals surface area contributed by atoms with Crippen molar-refractivity contribution >= 4 is 31.7 Å². The lowest BCUT2D eigenvalue weighted by Crippen LogP contribution is -2.23. The third-order valence-electron chi connectivity index (χ3n) is 2.25. The van der Waals surface area contributed by atoms with Gasteiger partial charge in [0.2, 0.25) is 20.0 Å². The molecule has 0 fully saturated rings. The maximum Gasteiger partial charge on any atom is 0.337 e. The molecule has 112 valence electrons. The lowest BCUT2D eigenvalue weighted by atomic mass is 10.2. The largest absolute Gasteiger partial charge is 0.478 e. The summed E-state index contributed by atoms with van der Waals surface area (Å²) in [5.41, 5.74) is -0.278. The van der Waals surface area contributed by atoms with Crippen LogP contribution in [0, 0.1) is 0 Å². The number of nitrogens with one attached hydrogen (secondary N) is 1. The first kappa shape index (κ1) is 16.4. The summed E-state index contributed by atoms with van der Waals surface area (Å²) in [6, 6.07) is 3.18. The average molecular weight is 323 g/mol. The van der Waals surface area contributed by atoms with E-state index in [1.807, 2.05) is 0 Å². The second-order valence-electron chi connectivity index (χ2n) is 3.85. The van der Waals surface area contributed by atoms with Gasteiger partial charge in [0.1, 0.15) is 0 Å². The Hall–Kier alpha value is -1.69. The van der Waals surface area contributed by atoms with Crippen molar-refractivity contribution in [2.45, 2.75) is 4.90 Å². The Morgan fingerprint density at radius 2 is 1.80 bits per heavy atom. The predicted molar refractivity (Wildman–Crippen MR) is 71.2 cm³/mol. The highest BCUT2D eigenvalue weighted by atomic mass is 32.2. The van der Waals surface area contributed by atoms with Gasteiger partial charge in [-0.1, -0.05) is 0 Å². The number of benzene rings is 1. The Morgan fingerprint density at radius 1 is 1.20 bits per heavy atom. The van der Waals surface area contributed by atoms with E-state index in [1.165, 1.54) is 6.07 Å². The molecule has 0 radical (unpaired) electrons. The highest BCUT2D eigenvalue weighted by Crippen LogP contribution is 2.19. The van der Waals surface area contributed by atoms with Gasteiger partial charge in [0, 0.05) is 12.2 Å². The van der Waals surface area contributed by atoms with E-state index in [9.17, 15) is 21.6 Å². The summed E-state index contributed by atoms with van der Waals surface area (Å²) in [5, 5.41) is 21.2. The van der Waals surface area contributed by atoms with E-state index in [0.717, 1.165) is 12.1 Å². The third-order valence-corrected chi connectivity index (χ3v) is 3.94. The van der Waals surface area contributed by atoms with E-state index in [0.29, 0.717) is 0 Å². The molecule has 0 aliphatic rings. The summed E-state index contributed by atoms with van der Waals surface area (Å²) in [6.07, 6.45) is 0. The van der Waals surface area contributed by atoms with Gasteiger partial charge < -0.3 is 10.4 Å². The van der Waals surface area contributed by atoms with Crippen molar-refractivity contribution in [1.82, 2.24) is 0 Å².